The number of rotatable bonds is 4. The molecule has 0 radical (unpaired) electrons. The highest BCUT2D eigenvalue weighted by atomic mass is 16.1. The molecule has 0 saturated carbocycles. The van der Waals surface area contributed by atoms with Crippen molar-refractivity contribution in [2.75, 3.05) is 20.1 Å². The smallest absolute Gasteiger partial charge is 0.251 e. The predicted octanol–water partition coefficient (Wildman–Crippen LogP) is 3.58. The standard InChI is InChI=1S/C18H28N2O.H2/c1-5-13(2)17-12-15(7-6-14(17)3)18(21)19-16-8-10-20(4)11-9-16;/h6-7,12-13,16H,5,8-11H2,1-4H3,(H,19,21);1H. The first-order chi connectivity index (χ1) is 10.0. The van der Waals surface area contributed by atoms with Gasteiger partial charge in [0, 0.05) is 13.0 Å². The summed E-state index contributed by atoms with van der Waals surface area (Å²) in [6.07, 6.45) is 3.19. The fourth-order valence-electron chi connectivity index (χ4n) is 2.95. The molecule has 2 rings (SSSR count). The van der Waals surface area contributed by atoms with Crippen LogP contribution in [0.3, 0.4) is 0 Å². The summed E-state index contributed by atoms with van der Waals surface area (Å²) in [4.78, 5) is 14.8. The molecule has 1 aliphatic rings. The van der Waals surface area contributed by atoms with Gasteiger partial charge in [-0.3, -0.25) is 4.79 Å². The lowest BCUT2D eigenvalue weighted by Crippen LogP contribution is -2.43. The molecule has 1 saturated heterocycles. The molecule has 1 aromatic carbocycles. The molecule has 1 amide bonds. The highest BCUT2D eigenvalue weighted by molar-refractivity contribution is 5.94. The van der Waals surface area contributed by atoms with Crippen LogP contribution in [0.4, 0.5) is 0 Å². The number of carbonyl (C=O) groups excluding carboxylic acids is 1. The van der Waals surface area contributed by atoms with Crippen LogP contribution >= 0.6 is 0 Å². The minimum atomic E-state index is 0. The molecule has 0 aliphatic carbocycles. The zero-order chi connectivity index (χ0) is 15.4. The number of nitrogens with zero attached hydrogens (tertiary/aromatic N) is 1. The van der Waals surface area contributed by atoms with Gasteiger partial charge in [0.25, 0.3) is 5.91 Å². The van der Waals surface area contributed by atoms with Crippen molar-refractivity contribution in [1.29, 1.82) is 0 Å². The summed E-state index contributed by atoms with van der Waals surface area (Å²) < 4.78 is 0. The Morgan fingerprint density at radius 1 is 1.43 bits per heavy atom. The topological polar surface area (TPSA) is 32.3 Å². The fraction of sp³-hybridized carbons (Fsp3) is 0.611. The van der Waals surface area contributed by atoms with Gasteiger partial charge in [0.2, 0.25) is 0 Å². The summed E-state index contributed by atoms with van der Waals surface area (Å²) in [7, 11) is 2.14. The number of amides is 1. The van der Waals surface area contributed by atoms with Crippen molar-refractivity contribution in [3.8, 4) is 0 Å². The van der Waals surface area contributed by atoms with Crippen LogP contribution in [0.2, 0.25) is 0 Å². The maximum absolute atomic E-state index is 12.4. The fourth-order valence-corrected chi connectivity index (χ4v) is 2.95. The maximum Gasteiger partial charge on any atom is 0.251 e. The first-order valence-corrected chi connectivity index (χ1v) is 8.11. The largest absolute Gasteiger partial charge is 0.349 e. The third-order valence-corrected chi connectivity index (χ3v) is 4.74. The molecule has 1 heterocycles. The number of carbonyl (C=O) groups is 1. The summed E-state index contributed by atoms with van der Waals surface area (Å²) in [5.74, 6) is 0.579. The summed E-state index contributed by atoms with van der Waals surface area (Å²) >= 11 is 0. The minimum Gasteiger partial charge on any atom is -0.349 e. The van der Waals surface area contributed by atoms with Crippen LogP contribution in [-0.4, -0.2) is 37.0 Å². The van der Waals surface area contributed by atoms with Crippen LogP contribution in [0.1, 0.15) is 61.9 Å². The van der Waals surface area contributed by atoms with E-state index in [4.69, 9.17) is 0 Å². The molecule has 3 nitrogen and oxygen atoms in total. The molecule has 1 aromatic rings. The van der Waals surface area contributed by atoms with Crippen molar-refractivity contribution in [3.63, 3.8) is 0 Å². The summed E-state index contributed by atoms with van der Waals surface area (Å²) in [6.45, 7) is 8.67. The second-order valence-corrected chi connectivity index (χ2v) is 6.43. The summed E-state index contributed by atoms with van der Waals surface area (Å²) in [5, 5.41) is 3.19. The molecule has 0 spiro atoms. The van der Waals surface area contributed by atoms with E-state index in [2.05, 4.69) is 50.2 Å². The van der Waals surface area contributed by atoms with Gasteiger partial charge >= 0.3 is 0 Å². The summed E-state index contributed by atoms with van der Waals surface area (Å²) in [6, 6.07) is 6.42. The van der Waals surface area contributed by atoms with Gasteiger partial charge in [0.15, 0.2) is 0 Å². The third-order valence-electron chi connectivity index (χ3n) is 4.74. The highest BCUT2D eigenvalue weighted by Crippen LogP contribution is 2.23. The lowest BCUT2D eigenvalue weighted by atomic mass is 9.92. The first-order valence-electron chi connectivity index (χ1n) is 8.11. The number of hydrogen-bond donors (Lipinski definition) is 1. The van der Waals surface area contributed by atoms with E-state index in [0.29, 0.717) is 12.0 Å². The predicted molar refractivity (Wildman–Crippen MR) is 90.0 cm³/mol. The van der Waals surface area contributed by atoms with Gasteiger partial charge in [-0.1, -0.05) is 19.9 Å². The Morgan fingerprint density at radius 2 is 2.10 bits per heavy atom. The summed E-state index contributed by atoms with van der Waals surface area (Å²) in [5.41, 5.74) is 3.38. The van der Waals surface area contributed by atoms with E-state index < -0.39 is 0 Å². The van der Waals surface area contributed by atoms with Crippen LogP contribution in [-0.2, 0) is 0 Å². The van der Waals surface area contributed by atoms with E-state index in [1.807, 2.05) is 6.07 Å². The lowest BCUT2D eigenvalue weighted by Gasteiger charge is -2.29. The Bertz CT molecular complexity index is 496. The van der Waals surface area contributed by atoms with E-state index in [-0.39, 0.29) is 7.33 Å². The Labute approximate surface area is 130 Å². The van der Waals surface area contributed by atoms with Gasteiger partial charge in [-0.2, -0.15) is 0 Å². The zero-order valence-electron chi connectivity index (χ0n) is 13.8. The average Bonchev–Trinajstić information content (AvgIpc) is 2.49. The number of likely N-dealkylation sites (tertiary alicyclic amines) is 1. The monoisotopic (exact) mass is 290 g/mol. The molecule has 1 atom stereocenters. The van der Waals surface area contributed by atoms with Crippen molar-refractivity contribution in [2.45, 2.75) is 52.0 Å². The molecule has 0 aromatic heterocycles. The van der Waals surface area contributed by atoms with Crippen molar-refractivity contribution < 1.29 is 6.22 Å². The van der Waals surface area contributed by atoms with Crippen molar-refractivity contribution in [3.05, 3.63) is 34.9 Å². The van der Waals surface area contributed by atoms with E-state index in [1.165, 1.54) is 11.1 Å². The minimum absolute atomic E-state index is 0. The van der Waals surface area contributed by atoms with Gasteiger partial charge in [-0.15, -0.1) is 0 Å². The Hall–Kier alpha value is -1.35. The maximum atomic E-state index is 12.4. The first kappa shape index (κ1) is 16.0. The molecular formula is C18H30N2O. The molecule has 0 bridgehead atoms. The lowest BCUT2D eigenvalue weighted by molar-refractivity contribution is 0.0916. The Morgan fingerprint density at radius 3 is 2.71 bits per heavy atom. The van der Waals surface area contributed by atoms with Crippen molar-refractivity contribution in [2.24, 2.45) is 0 Å². The molecular weight excluding hydrogens is 260 g/mol. The average molecular weight is 290 g/mol. The van der Waals surface area contributed by atoms with Crippen LogP contribution in [0.25, 0.3) is 0 Å². The Kier molecular flexibility index (Phi) is 5.40. The molecule has 1 aliphatic heterocycles. The SMILES string of the molecule is CCC(C)c1cc(C(=O)NC2CCN(C)CC2)ccc1C.[HH]. The number of benzene rings is 1. The van der Waals surface area contributed by atoms with E-state index >= 15 is 0 Å². The van der Waals surface area contributed by atoms with Crippen LogP contribution in [0.5, 0.6) is 0 Å². The normalized spacial score (nSPS) is 18.5. The molecule has 1 fully saturated rings. The van der Waals surface area contributed by atoms with Crippen LogP contribution in [0, 0.1) is 6.92 Å². The quantitative estimate of drug-likeness (QED) is 0.919. The second-order valence-electron chi connectivity index (χ2n) is 6.43. The second kappa shape index (κ2) is 7.08. The number of aryl methyl sites for hydroxylation is 1. The van der Waals surface area contributed by atoms with Crippen LogP contribution < -0.4 is 5.32 Å². The number of piperidine rings is 1. The van der Waals surface area contributed by atoms with Gasteiger partial charge in [-0.05, 0) is 75.5 Å². The highest BCUT2D eigenvalue weighted by Gasteiger charge is 2.19. The Balaban J connectivity index is 0.00000242. The van der Waals surface area contributed by atoms with Gasteiger partial charge in [-0.25, -0.2) is 0 Å². The number of nitrogens with one attached hydrogen (secondary N) is 1. The van der Waals surface area contributed by atoms with Crippen molar-refractivity contribution in [1.82, 2.24) is 10.2 Å². The molecule has 1 N–H and O–H groups in total. The molecule has 3 heteroatoms. The molecule has 21 heavy (non-hydrogen) atoms. The van der Waals surface area contributed by atoms with Gasteiger partial charge in [0.05, 0.1) is 0 Å². The van der Waals surface area contributed by atoms with E-state index in [9.17, 15) is 4.79 Å². The molecule has 1 unspecified atom stereocenters. The third kappa shape index (κ3) is 4.07. The van der Waals surface area contributed by atoms with Crippen molar-refractivity contribution >= 4 is 5.91 Å². The number of hydrogen-bond acceptors (Lipinski definition) is 2. The van der Waals surface area contributed by atoms with Crippen LogP contribution in [0.15, 0.2) is 18.2 Å². The zero-order valence-corrected chi connectivity index (χ0v) is 13.8. The van der Waals surface area contributed by atoms with E-state index in [0.717, 1.165) is 37.9 Å². The van der Waals surface area contributed by atoms with E-state index in [1.54, 1.807) is 0 Å². The van der Waals surface area contributed by atoms with Gasteiger partial charge in [0.1, 0.15) is 0 Å². The molecule has 118 valence electrons. The van der Waals surface area contributed by atoms with Gasteiger partial charge < -0.3 is 10.2 Å².